The predicted molar refractivity (Wildman–Crippen MR) is 86.9 cm³/mol. The first-order valence-electron chi connectivity index (χ1n) is 7.63. The number of halogens is 1. The number of nitrogens with zero attached hydrogens (tertiary/aromatic N) is 3. The summed E-state index contributed by atoms with van der Waals surface area (Å²) in [5, 5.41) is 7.45. The van der Waals surface area contributed by atoms with Crippen molar-refractivity contribution in [2.75, 3.05) is 13.1 Å². The molecule has 0 aromatic carbocycles. The lowest BCUT2D eigenvalue weighted by molar-refractivity contribution is 0.0536. The fourth-order valence-electron chi connectivity index (χ4n) is 2.88. The van der Waals surface area contributed by atoms with Crippen molar-refractivity contribution in [2.24, 2.45) is 0 Å². The van der Waals surface area contributed by atoms with Gasteiger partial charge in [0, 0.05) is 30.7 Å². The molecule has 0 saturated carbocycles. The molecule has 6 nitrogen and oxygen atoms in total. The van der Waals surface area contributed by atoms with Crippen molar-refractivity contribution in [1.82, 2.24) is 20.1 Å². The van der Waals surface area contributed by atoms with Crippen LogP contribution in [0.25, 0.3) is 0 Å². The van der Waals surface area contributed by atoms with E-state index in [1.807, 2.05) is 18.7 Å². The van der Waals surface area contributed by atoms with Crippen LogP contribution >= 0.6 is 11.6 Å². The minimum Gasteiger partial charge on any atom is -0.487 e. The summed E-state index contributed by atoms with van der Waals surface area (Å²) in [7, 11) is 0. The van der Waals surface area contributed by atoms with Gasteiger partial charge in [-0.2, -0.15) is 5.10 Å². The molecule has 0 aliphatic carbocycles. The van der Waals surface area contributed by atoms with Crippen molar-refractivity contribution in [1.29, 1.82) is 0 Å². The van der Waals surface area contributed by atoms with Crippen molar-refractivity contribution in [3.05, 3.63) is 40.4 Å². The number of carbonyl (C=O) groups excluding carboxylic acids is 1. The number of pyridine rings is 1. The molecule has 0 spiro atoms. The molecule has 1 fully saturated rings. The fraction of sp³-hybridized carbons (Fsp3) is 0.438. The van der Waals surface area contributed by atoms with Gasteiger partial charge in [0.2, 0.25) is 0 Å². The number of hydrogen-bond donors (Lipinski definition) is 1. The Morgan fingerprint density at radius 1 is 1.48 bits per heavy atom. The van der Waals surface area contributed by atoms with Gasteiger partial charge in [-0.3, -0.25) is 14.9 Å². The van der Waals surface area contributed by atoms with E-state index in [2.05, 4.69) is 15.2 Å². The molecule has 2 aromatic rings. The van der Waals surface area contributed by atoms with Gasteiger partial charge in [-0.15, -0.1) is 0 Å². The molecule has 1 atom stereocenters. The third-order valence-electron chi connectivity index (χ3n) is 4.04. The number of ether oxygens (including phenoxy) is 1. The first kappa shape index (κ1) is 15.8. The predicted octanol–water partition coefficient (Wildman–Crippen LogP) is 2.76. The van der Waals surface area contributed by atoms with Crippen molar-refractivity contribution in [2.45, 2.75) is 32.8 Å². The second-order valence-corrected chi connectivity index (χ2v) is 6.16. The van der Waals surface area contributed by atoms with Gasteiger partial charge >= 0.3 is 0 Å². The fourth-order valence-corrected chi connectivity index (χ4v) is 3.04. The standard InChI is InChI=1S/C16H19ClN4O2/c1-10-15(11(2)20-19-10)16(22)21-7-3-4-12(9-21)23-14-5-6-18-8-13(14)17/h5-6,8,12H,3-4,7,9H2,1-2H3,(H,19,20)/t12-/m1/s1. The minimum absolute atomic E-state index is 0.00266. The third-order valence-corrected chi connectivity index (χ3v) is 4.32. The van der Waals surface area contributed by atoms with E-state index >= 15 is 0 Å². The molecule has 2 aromatic heterocycles. The van der Waals surface area contributed by atoms with Gasteiger partial charge in [0.25, 0.3) is 5.91 Å². The van der Waals surface area contributed by atoms with E-state index in [0.717, 1.165) is 30.8 Å². The zero-order valence-electron chi connectivity index (χ0n) is 13.2. The van der Waals surface area contributed by atoms with Crippen molar-refractivity contribution in [3.63, 3.8) is 0 Å². The normalized spacial score (nSPS) is 18.0. The summed E-state index contributed by atoms with van der Waals surface area (Å²) in [4.78, 5) is 18.5. The number of aryl methyl sites for hydroxylation is 2. The highest BCUT2D eigenvalue weighted by Gasteiger charge is 2.28. The van der Waals surface area contributed by atoms with E-state index < -0.39 is 0 Å². The zero-order valence-corrected chi connectivity index (χ0v) is 13.9. The molecule has 3 rings (SSSR count). The summed E-state index contributed by atoms with van der Waals surface area (Å²) in [5.74, 6) is 0.611. The Hall–Kier alpha value is -2.08. The van der Waals surface area contributed by atoms with Crippen LogP contribution in [0.5, 0.6) is 5.75 Å². The molecule has 0 unspecified atom stereocenters. The van der Waals surface area contributed by atoms with Crippen LogP contribution < -0.4 is 4.74 Å². The Morgan fingerprint density at radius 2 is 2.30 bits per heavy atom. The van der Waals surface area contributed by atoms with E-state index in [4.69, 9.17) is 16.3 Å². The topological polar surface area (TPSA) is 71.1 Å². The third kappa shape index (κ3) is 3.32. The van der Waals surface area contributed by atoms with E-state index in [1.165, 1.54) is 0 Å². The van der Waals surface area contributed by atoms with Crippen molar-refractivity contribution >= 4 is 17.5 Å². The summed E-state index contributed by atoms with van der Waals surface area (Å²) >= 11 is 6.08. The summed E-state index contributed by atoms with van der Waals surface area (Å²) in [6.45, 7) is 4.97. The van der Waals surface area contributed by atoms with Crippen molar-refractivity contribution < 1.29 is 9.53 Å². The maximum absolute atomic E-state index is 12.7. The van der Waals surface area contributed by atoms with Crippen LogP contribution in [0, 0.1) is 13.8 Å². The first-order chi connectivity index (χ1) is 11.1. The van der Waals surface area contributed by atoms with E-state index in [9.17, 15) is 4.79 Å². The maximum atomic E-state index is 12.7. The highest BCUT2D eigenvalue weighted by atomic mass is 35.5. The van der Waals surface area contributed by atoms with Gasteiger partial charge in [0.15, 0.2) is 0 Å². The van der Waals surface area contributed by atoms with Gasteiger partial charge < -0.3 is 9.64 Å². The molecule has 0 radical (unpaired) electrons. The molecule has 1 aliphatic rings. The number of aromatic nitrogens is 3. The lowest BCUT2D eigenvalue weighted by atomic mass is 10.1. The minimum atomic E-state index is -0.0693. The molecular weight excluding hydrogens is 316 g/mol. The Balaban J connectivity index is 1.71. The van der Waals surface area contributed by atoms with Gasteiger partial charge in [-0.05, 0) is 26.7 Å². The Kier molecular flexibility index (Phi) is 4.52. The molecule has 23 heavy (non-hydrogen) atoms. The molecule has 1 amide bonds. The average molecular weight is 335 g/mol. The second-order valence-electron chi connectivity index (χ2n) is 5.75. The van der Waals surface area contributed by atoms with Gasteiger partial charge in [0.1, 0.15) is 16.9 Å². The van der Waals surface area contributed by atoms with Crippen LogP contribution in [-0.4, -0.2) is 45.2 Å². The molecule has 3 heterocycles. The van der Waals surface area contributed by atoms with Crippen molar-refractivity contribution in [3.8, 4) is 5.75 Å². The van der Waals surface area contributed by atoms with Crippen LogP contribution in [-0.2, 0) is 0 Å². The first-order valence-corrected chi connectivity index (χ1v) is 8.01. The van der Waals surface area contributed by atoms with Crippen LogP contribution in [0.3, 0.4) is 0 Å². The number of rotatable bonds is 3. The monoisotopic (exact) mass is 334 g/mol. The molecule has 122 valence electrons. The molecular formula is C16H19ClN4O2. The molecule has 1 N–H and O–H groups in total. The van der Waals surface area contributed by atoms with E-state index in [0.29, 0.717) is 22.9 Å². The summed E-state index contributed by atoms with van der Waals surface area (Å²) < 4.78 is 5.96. The number of piperidine rings is 1. The lowest BCUT2D eigenvalue weighted by Gasteiger charge is -2.33. The van der Waals surface area contributed by atoms with Crippen LogP contribution in [0.4, 0.5) is 0 Å². The Labute approximate surface area is 139 Å². The number of amides is 1. The highest BCUT2D eigenvalue weighted by Crippen LogP contribution is 2.26. The molecule has 1 aliphatic heterocycles. The molecule has 0 bridgehead atoms. The Bertz CT molecular complexity index is 696. The van der Waals surface area contributed by atoms with E-state index in [1.54, 1.807) is 18.5 Å². The summed E-state index contributed by atoms with van der Waals surface area (Å²) in [6, 6.07) is 1.74. The number of hydrogen-bond acceptors (Lipinski definition) is 4. The van der Waals surface area contributed by atoms with Crippen LogP contribution in [0.1, 0.15) is 34.6 Å². The van der Waals surface area contributed by atoms with Crippen LogP contribution in [0.2, 0.25) is 5.02 Å². The number of carbonyl (C=O) groups is 1. The number of H-pyrrole nitrogens is 1. The summed E-state index contributed by atoms with van der Waals surface area (Å²) in [6.07, 6.45) is 4.92. The van der Waals surface area contributed by atoms with Crippen LogP contribution in [0.15, 0.2) is 18.5 Å². The number of nitrogens with one attached hydrogen (secondary N) is 1. The lowest BCUT2D eigenvalue weighted by Crippen LogP contribution is -2.44. The zero-order chi connectivity index (χ0) is 16.4. The van der Waals surface area contributed by atoms with Gasteiger partial charge in [-0.25, -0.2) is 0 Å². The quantitative estimate of drug-likeness (QED) is 0.937. The van der Waals surface area contributed by atoms with Gasteiger partial charge in [-0.1, -0.05) is 11.6 Å². The van der Waals surface area contributed by atoms with Gasteiger partial charge in [0.05, 0.1) is 17.8 Å². The number of likely N-dealkylation sites (tertiary alicyclic amines) is 1. The smallest absolute Gasteiger partial charge is 0.257 e. The molecule has 7 heteroatoms. The Morgan fingerprint density at radius 3 is 3.00 bits per heavy atom. The SMILES string of the molecule is Cc1n[nH]c(C)c1C(=O)N1CCC[C@@H](Oc2ccncc2Cl)C1. The maximum Gasteiger partial charge on any atom is 0.257 e. The highest BCUT2D eigenvalue weighted by molar-refractivity contribution is 6.31. The second kappa shape index (κ2) is 6.58. The average Bonchev–Trinajstić information content (AvgIpc) is 2.88. The number of aromatic amines is 1. The summed E-state index contributed by atoms with van der Waals surface area (Å²) in [5.41, 5.74) is 2.19. The van der Waals surface area contributed by atoms with E-state index in [-0.39, 0.29) is 12.0 Å². The largest absolute Gasteiger partial charge is 0.487 e. The molecule has 1 saturated heterocycles.